The van der Waals surface area contributed by atoms with E-state index in [1.165, 1.54) is 0 Å². The summed E-state index contributed by atoms with van der Waals surface area (Å²) in [6.45, 7) is 0.862. The minimum absolute atomic E-state index is 0.0360. The number of aliphatic hydroxyl groups excluding tert-OH is 1. The van der Waals surface area contributed by atoms with Gasteiger partial charge in [0.2, 0.25) is 0 Å². The lowest BCUT2D eigenvalue weighted by Crippen LogP contribution is -2.33. The smallest absolute Gasteiger partial charge is 0.183 e. The van der Waals surface area contributed by atoms with E-state index in [-0.39, 0.29) is 12.1 Å². The van der Waals surface area contributed by atoms with Gasteiger partial charge in [0, 0.05) is 5.54 Å². The van der Waals surface area contributed by atoms with Gasteiger partial charge in [0.15, 0.2) is 4.67 Å². The van der Waals surface area contributed by atoms with Crippen LogP contribution in [0.25, 0.3) is 0 Å². The Kier molecular flexibility index (Phi) is 3.02. The van der Waals surface area contributed by atoms with E-state index in [4.69, 9.17) is 9.52 Å². The lowest BCUT2D eigenvalue weighted by molar-refractivity contribution is 0.226. The van der Waals surface area contributed by atoms with Crippen molar-refractivity contribution < 1.29 is 9.52 Å². The second-order valence-electron chi connectivity index (χ2n) is 3.63. The molecule has 1 heterocycles. The van der Waals surface area contributed by atoms with Crippen molar-refractivity contribution in [1.82, 2.24) is 5.32 Å². The molecule has 1 aliphatic rings. The van der Waals surface area contributed by atoms with Gasteiger partial charge >= 0.3 is 0 Å². The van der Waals surface area contributed by atoms with Crippen LogP contribution < -0.4 is 5.32 Å². The molecule has 14 heavy (non-hydrogen) atoms. The molecule has 0 spiro atoms. The minimum Gasteiger partial charge on any atom is -0.452 e. The van der Waals surface area contributed by atoms with E-state index in [1.54, 1.807) is 0 Å². The summed E-state index contributed by atoms with van der Waals surface area (Å²) in [5.41, 5.74) is -0.0360. The summed E-state index contributed by atoms with van der Waals surface area (Å²) in [6.07, 6.45) is 2.10. The standard InChI is InChI=1S/C9H11Br2NO2/c10-7-3-6(14-8(7)11)4-12-9(5-13)1-2-9/h3,12-13H,1-2,4-5H2. The summed E-state index contributed by atoms with van der Waals surface area (Å²) in [5.74, 6) is 0.864. The zero-order valence-corrected chi connectivity index (χ0v) is 10.7. The van der Waals surface area contributed by atoms with Gasteiger partial charge < -0.3 is 14.8 Å². The maximum atomic E-state index is 9.08. The molecular weight excluding hydrogens is 314 g/mol. The topological polar surface area (TPSA) is 45.4 Å². The summed E-state index contributed by atoms with van der Waals surface area (Å²) < 4.78 is 7.04. The molecule has 1 aliphatic carbocycles. The normalized spacial score (nSPS) is 18.5. The number of aliphatic hydroxyl groups is 1. The Balaban J connectivity index is 1.92. The fourth-order valence-electron chi connectivity index (χ4n) is 1.29. The van der Waals surface area contributed by atoms with Gasteiger partial charge in [-0.2, -0.15) is 0 Å². The van der Waals surface area contributed by atoms with Crippen molar-refractivity contribution in [3.8, 4) is 0 Å². The average Bonchev–Trinajstić information content (AvgIpc) is 2.88. The van der Waals surface area contributed by atoms with Crippen LogP contribution in [-0.2, 0) is 6.54 Å². The number of halogens is 2. The van der Waals surface area contributed by atoms with Crippen molar-refractivity contribution in [3.05, 3.63) is 21.0 Å². The molecule has 1 aromatic heterocycles. The van der Waals surface area contributed by atoms with E-state index in [1.807, 2.05) is 6.07 Å². The second kappa shape index (κ2) is 3.96. The summed E-state index contributed by atoms with van der Waals surface area (Å²) in [4.78, 5) is 0. The molecule has 2 N–H and O–H groups in total. The number of hydrogen-bond donors (Lipinski definition) is 2. The van der Waals surface area contributed by atoms with Gasteiger partial charge in [0.1, 0.15) is 5.76 Å². The molecular formula is C9H11Br2NO2. The van der Waals surface area contributed by atoms with Gasteiger partial charge in [-0.15, -0.1) is 0 Å². The zero-order valence-electron chi connectivity index (χ0n) is 7.52. The predicted molar refractivity (Wildman–Crippen MR) is 60.0 cm³/mol. The Bertz CT molecular complexity index is 314. The van der Waals surface area contributed by atoms with Crippen LogP contribution in [0.3, 0.4) is 0 Å². The Labute approximate surface area is 99.1 Å². The van der Waals surface area contributed by atoms with Crippen LogP contribution in [0, 0.1) is 0 Å². The molecule has 0 bridgehead atoms. The molecule has 1 saturated carbocycles. The number of furan rings is 1. The molecule has 0 unspecified atom stereocenters. The summed E-state index contributed by atoms with van der Waals surface area (Å²) in [5, 5.41) is 12.4. The van der Waals surface area contributed by atoms with Crippen molar-refractivity contribution in [2.75, 3.05) is 6.61 Å². The average molecular weight is 325 g/mol. The molecule has 2 rings (SSSR count). The monoisotopic (exact) mass is 323 g/mol. The quantitative estimate of drug-likeness (QED) is 0.894. The molecule has 0 atom stereocenters. The Morgan fingerprint density at radius 2 is 2.21 bits per heavy atom. The third-order valence-electron chi connectivity index (χ3n) is 2.49. The largest absolute Gasteiger partial charge is 0.452 e. The fraction of sp³-hybridized carbons (Fsp3) is 0.556. The summed E-state index contributed by atoms with van der Waals surface area (Å²) in [7, 11) is 0. The van der Waals surface area contributed by atoms with Gasteiger partial charge in [-0.3, -0.25) is 0 Å². The van der Waals surface area contributed by atoms with Crippen molar-refractivity contribution in [3.63, 3.8) is 0 Å². The van der Waals surface area contributed by atoms with Crippen LogP contribution in [0.15, 0.2) is 19.6 Å². The highest BCUT2D eigenvalue weighted by Crippen LogP contribution is 2.35. The number of nitrogens with one attached hydrogen (secondary N) is 1. The maximum absolute atomic E-state index is 9.08. The van der Waals surface area contributed by atoms with E-state index in [0.717, 1.165) is 23.1 Å². The van der Waals surface area contributed by atoms with E-state index in [0.29, 0.717) is 11.2 Å². The van der Waals surface area contributed by atoms with Crippen molar-refractivity contribution in [2.45, 2.75) is 24.9 Å². The van der Waals surface area contributed by atoms with Gasteiger partial charge in [-0.25, -0.2) is 0 Å². The Morgan fingerprint density at radius 1 is 1.50 bits per heavy atom. The minimum atomic E-state index is -0.0360. The number of rotatable bonds is 4. The van der Waals surface area contributed by atoms with E-state index >= 15 is 0 Å². The Hall–Kier alpha value is 0.160. The lowest BCUT2D eigenvalue weighted by atomic mass is 10.3. The molecule has 1 aromatic rings. The van der Waals surface area contributed by atoms with Crippen LogP contribution >= 0.6 is 31.9 Å². The van der Waals surface area contributed by atoms with Crippen LogP contribution in [0.4, 0.5) is 0 Å². The molecule has 1 fully saturated rings. The molecule has 3 nitrogen and oxygen atoms in total. The fourth-order valence-corrected chi connectivity index (χ4v) is 1.95. The highest BCUT2D eigenvalue weighted by atomic mass is 79.9. The SMILES string of the molecule is OCC1(NCc2cc(Br)c(Br)o2)CC1. The molecule has 0 radical (unpaired) electrons. The first-order valence-electron chi connectivity index (χ1n) is 4.45. The lowest BCUT2D eigenvalue weighted by Gasteiger charge is -2.12. The molecule has 0 aromatic carbocycles. The number of hydrogen-bond acceptors (Lipinski definition) is 3. The van der Waals surface area contributed by atoms with Gasteiger partial charge in [-0.1, -0.05) is 0 Å². The van der Waals surface area contributed by atoms with Crippen molar-refractivity contribution in [1.29, 1.82) is 0 Å². The Morgan fingerprint density at radius 3 is 2.64 bits per heavy atom. The van der Waals surface area contributed by atoms with Gasteiger partial charge in [0.25, 0.3) is 0 Å². The highest BCUT2D eigenvalue weighted by Gasteiger charge is 2.41. The van der Waals surface area contributed by atoms with Crippen LogP contribution in [0.2, 0.25) is 0 Å². The third kappa shape index (κ3) is 2.21. The molecule has 0 saturated heterocycles. The van der Waals surface area contributed by atoms with Gasteiger partial charge in [-0.05, 0) is 50.8 Å². The molecule has 78 valence electrons. The van der Waals surface area contributed by atoms with E-state index in [9.17, 15) is 0 Å². The first kappa shape index (κ1) is 10.7. The highest BCUT2D eigenvalue weighted by molar-refractivity contribution is 9.13. The third-order valence-corrected chi connectivity index (χ3v) is 4.20. The first-order chi connectivity index (χ1) is 6.65. The first-order valence-corrected chi connectivity index (χ1v) is 6.03. The van der Waals surface area contributed by atoms with Crippen molar-refractivity contribution in [2.24, 2.45) is 0 Å². The molecule has 0 aliphatic heterocycles. The summed E-state index contributed by atoms with van der Waals surface area (Å²) in [6, 6.07) is 1.92. The molecule has 5 heteroatoms. The second-order valence-corrected chi connectivity index (χ2v) is 5.20. The predicted octanol–water partition coefficient (Wildman–Crippen LogP) is 2.42. The maximum Gasteiger partial charge on any atom is 0.183 e. The van der Waals surface area contributed by atoms with Crippen LogP contribution in [0.5, 0.6) is 0 Å². The van der Waals surface area contributed by atoms with Crippen molar-refractivity contribution >= 4 is 31.9 Å². The van der Waals surface area contributed by atoms with Crippen LogP contribution in [-0.4, -0.2) is 17.3 Å². The van der Waals surface area contributed by atoms with Crippen LogP contribution in [0.1, 0.15) is 18.6 Å². The summed E-state index contributed by atoms with van der Waals surface area (Å²) >= 11 is 6.63. The molecule has 0 amide bonds. The van der Waals surface area contributed by atoms with E-state index < -0.39 is 0 Å². The van der Waals surface area contributed by atoms with Gasteiger partial charge in [0.05, 0.1) is 17.6 Å². The van der Waals surface area contributed by atoms with E-state index in [2.05, 4.69) is 37.2 Å². The zero-order chi connectivity index (χ0) is 10.2.